The van der Waals surface area contributed by atoms with E-state index in [9.17, 15) is 9.18 Å². The Morgan fingerprint density at radius 2 is 1.71 bits per heavy atom. The zero-order chi connectivity index (χ0) is 19.7. The topological polar surface area (TPSA) is 85.3 Å². The molecule has 0 aliphatic carbocycles. The summed E-state index contributed by atoms with van der Waals surface area (Å²) in [4.78, 5) is 16.6. The Kier molecular flexibility index (Phi) is 4.49. The van der Waals surface area contributed by atoms with Gasteiger partial charge in [-0.2, -0.15) is 4.98 Å². The van der Waals surface area contributed by atoms with Crippen LogP contribution < -0.4 is 11.1 Å². The normalized spacial score (nSPS) is 12.1. The van der Waals surface area contributed by atoms with Crippen LogP contribution >= 0.6 is 0 Å². The van der Waals surface area contributed by atoms with Gasteiger partial charge in [-0.1, -0.05) is 24.3 Å². The Hall–Kier alpha value is -3.74. The molecule has 4 rings (SSSR count). The number of anilines is 2. The van der Waals surface area contributed by atoms with Crippen molar-refractivity contribution in [1.82, 2.24) is 14.6 Å². The second-order valence-corrected chi connectivity index (χ2v) is 6.53. The minimum atomic E-state index is -0.388. The zero-order valence-corrected chi connectivity index (χ0v) is 15.1. The Balaban J connectivity index is 1.49. The van der Waals surface area contributed by atoms with Crippen molar-refractivity contribution in [1.29, 1.82) is 0 Å². The first-order valence-corrected chi connectivity index (χ1v) is 8.78. The number of aromatic nitrogens is 3. The Morgan fingerprint density at radius 3 is 2.43 bits per heavy atom. The van der Waals surface area contributed by atoms with Crippen LogP contribution in [0.5, 0.6) is 0 Å². The Morgan fingerprint density at radius 1 is 1.04 bits per heavy atom. The molecule has 1 atom stereocenters. The smallest absolute Gasteiger partial charge is 0.240 e. The molecule has 0 fully saturated rings. The third kappa shape index (κ3) is 3.55. The minimum Gasteiger partial charge on any atom is -0.366 e. The van der Waals surface area contributed by atoms with E-state index in [1.807, 2.05) is 42.6 Å². The number of carbonyl (C=O) groups is 1. The van der Waals surface area contributed by atoms with Crippen molar-refractivity contribution in [3.05, 3.63) is 78.2 Å². The molecular weight excluding hydrogens is 357 g/mol. The molecule has 0 saturated heterocycles. The molecule has 3 N–H and O–H groups in total. The van der Waals surface area contributed by atoms with Crippen LogP contribution in [0.25, 0.3) is 16.8 Å². The number of hydrogen-bond donors (Lipinski definition) is 2. The lowest BCUT2D eigenvalue weighted by Crippen LogP contribution is -2.18. The summed E-state index contributed by atoms with van der Waals surface area (Å²) >= 11 is 0. The van der Waals surface area contributed by atoms with Crippen LogP contribution in [0.1, 0.15) is 18.4 Å². The number of nitrogen functional groups attached to an aromatic ring is 1. The van der Waals surface area contributed by atoms with Crippen molar-refractivity contribution in [2.75, 3.05) is 11.1 Å². The number of benzene rings is 2. The fraction of sp³-hybridized carbons (Fsp3) is 0.0952. The zero-order valence-electron chi connectivity index (χ0n) is 15.1. The first-order chi connectivity index (χ1) is 13.5. The highest BCUT2D eigenvalue weighted by Crippen LogP contribution is 2.23. The fourth-order valence-electron chi connectivity index (χ4n) is 2.97. The van der Waals surface area contributed by atoms with E-state index in [1.165, 1.54) is 12.1 Å². The molecular formula is C21H18FN5O. The summed E-state index contributed by atoms with van der Waals surface area (Å²) in [7, 11) is 0. The molecule has 0 aliphatic rings. The molecule has 0 bridgehead atoms. The maximum absolute atomic E-state index is 13.0. The number of nitrogens with one attached hydrogen (secondary N) is 1. The van der Waals surface area contributed by atoms with Gasteiger partial charge in [0.05, 0.1) is 5.92 Å². The van der Waals surface area contributed by atoms with Crippen molar-refractivity contribution in [2.45, 2.75) is 12.8 Å². The summed E-state index contributed by atoms with van der Waals surface area (Å²) in [5.74, 6) is -0.636. The van der Waals surface area contributed by atoms with E-state index in [2.05, 4.69) is 15.4 Å². The number of rotatable bonds is 4. The summed E-state index contributed by atoms with van der Waals surface area (Å²) in [5, 5.41) is 7.00. The number of nitrogens with zero attached hydrogens (tertiary/aromatic N) is 3. The quantitative estimate of drug-likeness (QED) is 0.567. The Bertz CT molecular complexity index is 1140. The number of halogens is 1. The van der Waals surface area contributed by atoms with E-state index in [4.69, 9.17) is 5.73 Å². The highest BCUT2D eigenvalue weighted by atomic mass is 19.1. The molecule has 7 heteroatoms. The van der Waals surface area contributed by atoms with E-state index in [0.717, 1.165) is 16.7 Å². The molecule has 0 saturated carbocycles. The van der Waals surface area contributed by atoms with Crippen LogP contribution in [0.15, 0.2) is 66.9 Å². The molecule has 2 aromatic heterocycles. The average Bonchev–Trinajstić information content (AvgIpc) is 3.07. The molecule has 1 amide bonds. The molecule has 28 heavy (non-hydrogen) atoms. The minimum absolute atomic E-state index is 0.154. The van der Waals surface area contributed by atoms with E-state index in [1.54, 1.807) is 23.6 Å². The fourth-order valence-corrected chi connectivity index (χ4v) is 2.97. The van der Waals surface area contributed by atoms with Gasteiger partial charge in [0.1, 0.15) is 5.82 Å². The van der Waals surface area contributed by atoms with Gasteiger partial charge in [0.25, 0.3) is 0 Å². The summed E-state index contributed by atoms with van der Waals surface area (Å²) in [6, 6.07) is 17.2. The molecule has 2 aromatic carbocycles. The SMILES string of the molecule is C[C@H](C(=O)Nc1ccc(-c2ccc3nc(N)nn3c2)cc1)c1ccc(F)cc1. The van der Waals surface area contributed by atoms with Crippen LogP contribution in [0.4, 0.5) is 16.0 Å². The molecule has 0 aliphatic heterocycles. The third-order valence-corrected chi connectivity index (χ3v) is 4.60. The van der Waals surface area contributed by atoms with Gasteiger partial charge < -0.3 is 11.1 Å². The van der Waals surface area contributed by atoms with E-state index >= 15 is 0 Å². The first kappa shape index (κ1) is 17.7. The van der Waals surface area contributed by atoms with Gasteiger partial charge in [-0.15, -0.1) is 5.10 Å². The van der Waals surface area contributed by atoms with Crippen LogP contribution in [0.3, 0.4) is 0 Å². The van der Waals surface area contributed by atoms with Crippen LogP contribution in [-0.2, 0) is 4.79 Å². The summed E-state index contributed by atoms with van der Waals surface area (Å²) < 4.78 is 14.7. The van der Waals surface area contributed by atoms with Crippen molar-refractivity contribution in [2.24, 2.45) is 0 Å². The monoisotopic (exact) mass is 375 g/mol. The standard InChI is InChI=1S/C21H18FN5O/c1-13(14-2-7-17(22)8-3-14)20(28)24-18-9-4-15(5-10-18)16-6-11-19-25-21(23)26-27(19)12-16/h2-13H,1H3,(H2,23,26)(H,24,28)/t13-/m0/s1. The number of amides is 1. The molecule has 4 aromatic rings. The van der Waals surface area contributed by atoms with Gasteiger partial charge in [0.2, 0.25) is 11.9 Å². The van der Waals surface area contributed by atoms with E-state index in [0.29, 0.717) is 11.3 Å². The molecule has 6 nitrogen and oxygen atoms in total. The van der Waals surface area contributed by atoms with Crippen LogP contribution in [0.2, 0.25) is 0 Å². The van der Waals surface area contributed by atoms with Gasteiger partial charge in [-0.25, -0.2) is 8.91 Å². The van der Waals surface area contributed by atoms with Crippen LogP contribution in [-0.4, -0.2) is 20.5 Å². The molecule has 0 spiro atoms. The van der Waals surface area contributed by atoms with Crippen molar-refractivity contribution in [3.8, 4) is 11.1 Å². The van der Waals surface area contributed by atoms with Gasteiger partial charge in [-0.05, 0) is 54.4 Å². The maximum atomic E-state index is 13.0. The van der Waals surface area contributed by atoms with Gasteiger partial charge in [-0.3, -0.25) is 4.79 Å². The lowest BCUT2D eigenvalue weighted by molar-refractivity contribution is -0.117. The van der Waals surface area contributed by atoms with Gasteiger partial charge in [0.15, 0.2) is 5.65 Å². The number of nitrogens with two attached hydrogens (primary N) is 1. The lowest BCUT2D eigenvalue weighted by Gasteiger charge is -2.13. The summed E-state index contributed by atoms with van der Waals surface area (Å²) in [6.07, 6.45) is 1.85. The third-order valence-electron chi connectivity index (χ3n) is 4.60. The predicted molar refractivity (Wildman–Crippen MR) is 106 cm³/mol. The Labute approximate surface area is 160 Å². The van der Waals surface area contributed by atoms with E-state index < -0.39 is 0 Å². The predicted octanol–water partition coefficient (Wildman–Crippen LogP) is 3.86. The van der Waals surface area contributed by atoms with Crippen molar-refractivity contribution >= 4 is 23.2 Å². The number of hydrogen-bond acceptors (Lipinski definition) is 4. The number of pyridine rings is 1. The molecule has 0 radical (unpaired) electrons. The van der Waals surface area contributed by atoms with Gasteiger partial charge in [0, 0.05) is 17.4 Å². The van der Waals surface area contributed by atoms with Crippen LogP contribution in [0, 0.1) is 5.82 Å². The number of fused-ring (bicyclic) bond motifs is 1. The molecule has 0 unspecified atom stereocenters. The highest BCUT2D eigenvalue weighted by Gasteiger charge is 2.15. The second kappa shape index (κ2) is 7.11. The molecule has 2 heterocycles. The highest BCUT2D eigenvalue weighted by molar-refractivity contribution is 5.95. The molecule has 140 valence electrons. The average molecular weight is 375 g/mol. The lowest BCUT2D eigenvalue weighted by atomic mass is 10.00. The maximum Gasteiger partial charge on any atom is 0.240 e. The largest absolute Gasteiger partial charge is 0.366 e. The first-order valence-electron chi connectivity index (χ1n) is 8.78. The van der Waals surface area contributed by atoms with Gasteiger partial charge >= 0.3 is 0 Å². The number of carbonyl (C=O) groups excluding carboxylic acids is 1. The summed E-state index contributed by atoms with van der Waals surface area (Å²) in [6.45, 7) is 1.79. The second-order valence-electron chi connectivity index (χ2n) is 6.53. The van der Waals surface area contributed by atoms with Crippen molar-refractivity contribution in [3.63, 3.8) is 0 Å². The van der Waals surface area contributed by atoms with Crippen molar-refractivity contribution < 1.29 is 9.18 Å². The van der Waals surface area contributed by atoms with E-state index in [-0.39, 0.29) is 23.6 Å². The summed E-state index contributed by atoms with van der Waals surface area (Å²) in [5.41, 5.74) is 9.67.